The average molecular weight is 308 g/mol. The highest BCUT2D eigenvalue weighted by molar-refractivity contribution is 7.98. The summed E-state index contributed by atoms with van der Waals surface area (Å²) in [6.07, 6.45) is 2.14. The molecule has 1 saturated carbocycles. The number of hydrogen-bond acceptors (Lipinski definition) is 6. The molecule has 0 atom stereocenters. The highest BCUT2D eigenvalue weighted by Gasteiger charge is 2.27. The summed E-state index contributed by atoms with van der Waals surface area (Å²) in [4.78, 5) is 11.5. The molecule has 0 radical (unpaired) electrons. The molecule has 110 valence electrons. The van der Waals surface area contributed by atoms with Gasteiger partial charge in [-0.05, 0) is 47.0 Å². The van der Waals surface area contributed by atoms with Gasteiger partial charge in [0.25, 0.3) is 5.91 Å². The van der Waals surface area contributed by atoms with Crippen molar-refractivity contribution >= 4 is 17.7 Å². The molecule has 3 N–H and O–H groups in total. The summed E-state index contributed by atoms with van der Waals surface area (Å²) in [7, 11) is 0. The van der Waals surface area contributed by atoms with Crippen molar-refractivity contribution in [3.8, 4) is 0 Å². The normalized spacial score (nSPS) is 14.2. The number of thioether (sulfide) groups is 1. The van der Waals surface area contributed by atoms with E-state index in [1.165, 1.54) is 30.0 Å². The zero-order valence-corrected chi connectivity index (χ0v) is 11.8. The Labute approximate surface area is 124 Å². The lowest BCUT2D eigenvalue weighted by Crippen LogP contribution is -2.30. The van der Waals surface area contributed by atoms with Crippen molar-refractivity contribution in [2.24, 2.45) is 5.84 Å². The second kappa shape index (κ2) is 5.78. The van der Waals surface area contributed by atoms with Gasteiger partial charge in [-0.1, -0.05) is 11.8 Å². The molecule has 1 fully saturated rings. The fourth-order valence-corrected chi connectivity index (χ4v) is 2.80. The van der Waals surface area contributed by atoms with Gasteiger partial charge >= 0.3 is 0 Å². The van der Waals surface area contributed by atoms with E-state index in [1.54, 1.807) is 4.68 Å². The molecule has 1 amide bonds. The van der Waals surface area contributed by atoms with Crippen LogP contribution >= 0.6 is 11.8 Å². The number of nitrogens with zero attached hydrogens (tertiary/aromatic N) is 4. The lowest BCUT2D eigenvalue weighted by Gasteiger charge is -2.06. The maximum atomic E-state index is 13.8. The van der Waals surface area contributed by atoms with E-state index >= 15 is 0 Å². The Kier molecular flexibility index (Phi) is 3.84. The topological polar surface area (TPSA) is 98.7 Å². The minimum absolute atomic E-state index is 0.316. The Morgan fingerprint density at radius 3 is 3.05 bits per heavy atom. The first-order valence-corrected chi connectivity index (χ1v) is 7.37. The average Bonchev–Trinajstić information content (AvgIpc) is 3.24. The van der Waals surface area contributed by atoms with E-state index in [9.17, 15) is 9.18 Å². The van der Waals surface area contributed by atoms with Crippen molar-refractivity contribution in [2.45, 2.75) is 29.8 Å². The maximum Gasteiger partial charge on any atom is 0.265 e. The zero-order valence-electron chi connectivity index (χ0n) is 11.0. The standard InChI is InChI=1S/C12H13FN6OS/c13-10-4-1-7(11(20)15-14)5-8(10)6-21-12-16-17-18-19(12)9-2-3-9/h1,4-5,9H,2-3,6,14H2,(H,15,20). The van der Waals surface area contributed by atoms with Gasteiger partial charge in [-0.2, -0.15) is 0 Å². The molecule has 0 spiro atoms. The van der Waals surface area contributed by atoms with Crippen LogP contribution in [0.2, 0.25) is 0 Å². The number of tetrazole rings is 1. The molecular weight excluding hydrogens is 295 g/mol. The molecule has 0 saturated heterocycles. The monoisotopic (exact) mass is 308 g/mol. The second-order valence-electron chi connectivity index (χ2n) is 4.71. The van der Waals surface area contributed by atoms with Crippen molar-refractivity contribution in [3.05, 3.63) is 35.1 Å². The van der Waals surface area contributed by atoms with Crippen LogP contribution in [0.4, 0.5) is 4.39 Å². The number of aromatic nitrogens is 4. The minimum Gasteiger partial charge on any atom is -0.290 e. The molecule has 0 aliphatic heterocycles. The molecule has 7 nitrogen and oxygen atoms in total. The van der Waals surface area contributed by atoms with Crippen LogP contribution < -0.4 is 11.3 Å². The van der Waals surface area contributed by atoms with E-state index in [0.717, 1.165) is 12.8 Å². The molecule has 2 aromatic rings. The Morgan fingerprint density at radius 2 is 2.33 bits per heavy atom. The molecule has 0 bridgehead atoms. The number of rotatable bonds is 5. The number of nitrogen functional groups attached to an aromatic ring is 1. The van der Waals surface area contributed by atoms with Gasteiger partial charge in [-0.25, -0.2) is 14.9 Å². The zero-order chi connectivity index (χ0) is 14.8. The Hall–Kier alpha value is -2.00. The number of halogens is 1. The minimum atomic E-state index is -0.455. The predicted molar refractivity (Wildman–Crippen MR) is 73.7 cm³/mol. The van der Waals surface area contributed by atoms with E-state index in [2.05, 4.69) is 15.5 Å². The summed E-state index contributed by atoms with van der Waals surface area (Å²) in [6.45, 7) is 0. The first kappa shape index (κ1) is 14.0. The fourth-order valence-electron chi connectivity index (χ4n) is 1.88. The van der Waals surface area contributed by atoms with Crippen molar-refractivity contribution in [2.75, 3.05) is 0 Å². The number of carbonyl (C=O) groups excluding carboxylic acids is 1. The van der Waals surface area contributed by atoms with Crippen LogP contribution in [0.15, 0.2) is 23.4 Å². The van der Waals surface area contributed by atoms with E-state index in [1.807, 2.05) is 5.43 Å². The van der Waals surface area contributed by atoms with Gasteiger partial charge in [0.1, 0.15) is 5.82 Å². The largest absolute Gasteiger partial charge is 0.290 e. The van der Waals surface area contributed by atoms with Crippen LogP contribution in [-0.2, 0) is 5.75 Å². The van der Waals surface area contributed by atoms with Crippen LogP contribution in [0.5, 0.6) is 0 Å². The van der Waals surface area contributed by atoms with Gasteiger partial charge in [0.2, 0.25) is 5.16 Å². The third-order valence-corrected chi connectivity index (χ3v) is 4.13. The molecule has 0 unspecified atom stereocenters. The quantitative estimate of drug-likeness (QED) is 0.371. The summed E-state index contributed by atoms with van der Waals surface area (Å²) >= 11 is 1.34. The van der Waals surface area contributed by atoms with Crippen molar-refractivity contribution in [1.82, 2.24) is 25.6 Å². The van der Waals surface area contributed by atoms with Crippen LogP contribution in [0.25, 0.3) is 0 Å². The van der Waals surface area contributed by atoms with Crippen molar-refractivity contribution in [3.63, 3.8) is 0 Å². The molecule has 21 heavy (non-hydrogen) atoms. The van der Waals surface area contributed by atoms with E-state index in [4.69, 9.17) is 5.84 Å². The lowest BCUT2D eigenvalue weighted by molar-refractivity contribution is 0.0953. The van der Waals surface area contributed by atoms with E-state index in [0.29, 0.717) is 28.1 Å². The Morgan fingerprint density at radius 1 is 1.52 bits per heavy atom. The summed E-state index contributed by atoms with van der Waals surface area (Å²) in [6, 6.07) is 4.49. The Balaban J connectivity index is 1.75. The predicted octanol–water partition coefficient (Wildman–Crippen LogP) is 1.04. The van der Waals surface area contributed by atoms with Gasteiger partial charge in [-0.15, -0.1) is 5.10 Å². The third kappa shape index (κ3) is 3.03. The molecule has 9 heteroatoms. The van der Waals surface area contributed by atoms with Crippen LogP contribution in [-0.4, -0.2) is 26.1 Å². The number of carbonyl (C=O) groups is 1. The fraction of sp³-hybridized carbons (Fsp3) is 0.333. The molecule has 1 aliphatic carbocycles. The number of benzene rings is 1. The number of hydrogen-bond donors (Lipinski definition) is 2. The highest BCUT2D eigenvalue weighted by atomic mass is 32.2. The smallest absolute Gasteiger partial charge is 0.265 e. The van der Waals surface area contributed by atoms with Crippen LogP contribution in [0.3, 0.4) is 0 Å². The van der Waals surface area contributed by atoms with E-state index in [-0.39, 0.29) is 5.82 Å². The van der Waals surface area contributed by atoms with Gasteiger partial charge in [0.15, 0.2) is 0 Å². The maximum absolute atomic E-state index is 13.8. The summed E-state index contributed by atoms with van der Waals surface area (Å²) in [5, 5.41) is 12.2. The summed E-state index contributed by atoms with van der Waals surface area (Å²) in [5.41, 5.74) is 2.75. The first-order chi connectivity index (χ1) is 10.2. The number of hydrazine groups is 1. The van der Waals surface area contributed by atoms with Crippen LogP contribution in [0.1, 0.15) is 34.8 Å². The second-order valence-corrected chi connectivity index (χ2v) is 5.65. The van der Waals surface area contributed by atoms with Crippen molar-refractivity contribution < 1.29 is 9.18 Å². The number of nitrogens with two attached hydrogens (primary N) is 1. The van der Waals surface area contributed by atoms with Gasteiger partial charge in [0.05, 0.1) is 6.04 Å². The highest BCUT2D eigenvalue weighted by Crippen LogP contribution is 2.37. The van der Waals surface area contributed by atoms with Gasteiger partial charge in [-0.3, -0.25) is 10.2 Å². The van der Waals surface area contributed by atoms with Crippen LogP contribution in [0, 0.1) is 5.82 Å². The van der Waals surface area contributed by atoms with Gasteiger partial charge in [0, 0.05) is 11.3 Å². The first-order valence-electron chi connectivity index (χ1n) is 6.39. The molecule has 1 heterocycles. The number of amides is 1. The molecular formula is C12H13FN6OS. The number of nitrogens with one attached hydrogen (secondary N) is 1. The molecule has 1 aliphatic rings. The van der Waals surface area contributed by atoms with Crippen molar-refractivity contribution in [1.29, 1.82) is 0 Å². The lowest BCUT2D eigenvalue weighted by atomic mass is 10.1. The summed E-state index contributed by atoms with van der Waals surface area (Å²) < 4.78 is 15.6. The van der Waals surface area contributed by atoms with E-state index < -0.39 is 5.91 Å². The van der Waals surface area contributed by atoms with Gasteiger partial charge < -0.3 is 0 Å². The third-order valence-electron chi connectivity index (χ3n) is 3.15. The molecule has 1 aromatic carbocycles. The molecule has 3 rings (SSSR count). The Bertz CT molecular complexity index is 672. The molecule has 1 aromatic heterocycles. The summed E-state index contributed by atoms with van der Waals surface area (Å²) in [5.74, 6) is 4.58. The SMILES string of the molecule is NNC(=O)c1ccc(F)c(CSc2nnnn2C2CC2)c1.